The summed E-state index contributed by atoms with van der Waals surface area (Å²) in [6.07, 6.45) is 0. The van der Waals surface area contributed by atoms with Crippen LogP contribution in [0.15, 0.2) is 0 Å². The highest BCUT2D eigenvalue weighted by Gasteiger charge is 1.91. The number of hydrogen-bond donors (Lipinski definition) is 0. The molecule has 0 aliphatic carbocycles. The molecule has 0 aliphatic rings. The topological polar surface area (TPSA) is 0 Å². The van der Waals surface area contributed by atoms with Crippen LogP contribution in [-0.2, 0) is 0 Å². The molecular formula is C3H5Cl2S. The van der Waals surface area contributed by atoms with Gasteiger partial charge in [0.05, 0.1) is 0 Å². The summed E-state index contributed by atoms with van der Waals surface area (Å²) >= 11 is 11.9. The number of halogens is 2. The summed E-state index contributed by atoms with van der Waals surface area (Å²) in [5, 5.41) is 0. The van der Waals surface area contributed by atoms with Gasteiger partial charge < -0.3 is 0 Å². The molecule has 37 valence electrons. The number of alkyl halides is 2. The largest absolute Gasteiger partial charge is 0.153 e. The summed E-state index contributed by atoms with van der Waals surface area (Å²) in [4.78, 5) is 0. The SMILES string of the molecule is C[CH]SC(Cl)Cl. The van der Waals surface area contributed by atoms with Crippen LogP contribution in [0.5, 0.6) is 0 Å². The fourth-order valence-corrected chi connectivity index (χ4v) is 0.926. The Balaban J connectivity index is 2.63. The van der Waals surface area contributed by atoms with Crippen molar-refractivity contribution < 1.29 is 0 Å². The second-order valence-electron chi connectivity index (χ2n) is 0.632. The van der Waals surface area contributed by atoms with Gasteiger partial charge in [-0.1, -0.05) is 30.1 Å². The summed E-state index contributed by atoms with van der Waals surface area (Å²) in [5.41, 5.74) is 0. The zero-order valence-corrected chi connectivity index (χ0v) is 5.65. The highest BCUT2D eigenvalue weighted by atomic mass is 35.5. The van der Waals surface area contributed by atoms with Gasteiger partial charge in [0.1, 0.15) is 0 Å². The summed E-state index contributed by atoms with van der Waals surface area (Å²) in [6.45, 7) is 1.89. The van der Waals surface area contributed by atoms with Gasteiger partial charge >= 0.3 is 0 Å². The normalized spacial score (nSPS) is 10.0. The van der Waals surface area contributed by atoms with Crippen molar-refractivity contribution in [1.82, 2.24) is 0 Å². The van der Waals surface area contributed by atoms with E-state index in [1.54, 1.807) is 0 Å². The van der Waals surface area contributed by atoms with Crippen LogP contribution in [0, 0.1) is 5.75 Å². The van der Waals surface area contributed by atoms with Crippen LogP contribution in [0.3, 0.4) is 0 Å². The molecule has 0 nitrogen and oxygen atoms in total. The van der Waals surface area contributed by atoms with E-state index in [0.717, 1.165) is 0 Å². The summed E-state index contributed by atoms with van der Waals surface area (Å²) in [7, 11) is 0. The molecule has 0 spiro atoms. The molecule has 0 bridgehead atoms. The van der Waals surface area contributed by atoms with Crippen LogP contribution in [0.2, 0.25) is 0 Å². The number of thioether (sulfide) groups is 1. The van der Waals surface area contributed by atoms with Gasteiger partial charge in [-0.25, -0.2) is 0 Å². The molecule has 0 heterocycles. The average Bonchev–Trinajstić information content (AvgIpc) is 1.35. The molecule has 3 heteroatoms. The van der Waals surface area contributed by atoms with Gasteiger partial charge in [0.2, 0.25) is 0 Å². The van der Waals surface area contributed by atoms with Gasteiger partial charge in [-0.3, -0.25) is 0 Å². The lowest BCUT2D eigenvalue weighted by molar-refractivity contribution is 1.72. The second kappa shape index (κ2) is 4.10. The Morgan fingerprint density at radius 2 is 2.17 bits per heavy atom. The molecule has 0 unspecified atom stereocenters. The van der Waals surface area contributed by atoms with Crippen LogP contribution in [0.1, 0.15) is 6.92 Å². The molecular weight excluding hydrogens is 139 g/mol. The van der Waals surface area contributed by atoms with Crippen molar-refractivity contribution in [2.45, 2.75) is 11.1 Å². The Hall–Kier alpha value is 0.930. The highest BCUT2D eigenvalue weighted by Crippen LogP contribution is 2.20. The molecule has 0 rings (SSSR count). The van der Waals surface area contributed by atoms with E-state index in [4.69, 9.17) is 23.2 Å². The van der Waals surface area contributed by atoms with Gasteiger partial charge in [-0.15, -0.1) is 11.8 Å². The predicted molar refractivity (Wildman–Crippen MR) is 33.1 cm³/mol. The van der Waals surface area contributed by atoms with Crippen molar-refractivity contribution in [3.8, 4) is 0 Å². The Labute approximate surface area is 52.2 Å². The van der Waals surface area contributed by atoms with Crippen molar-refractivity contribution in [3.05, 3.63) is 5.75 Å². The van der Waals surface area contributed by atoms with Gasteiger partial charge in [-0.05, 0) is 0 Å². The van der Waals surface area contributed by atoms with Crippen molar-refractivity contribution >= 4 is 35.0 Å². The first kappa shape index (κ1) is 6.93. The third-order valence-electron chi connectivity index (χ3n) is 0.239. The van der Waals surface area contributed by atoms with E-state index in [1.807, 2.05) is 12.7 Å². The average molecular weight is 144 g/mol. The zero-order valence-electron chi connectivity index (χ0n) is 3.32. The highest BCUT2D eigenvalue weighted by molar-refractivity contribution is 8.04. The quantitative estimate of drug-likeness (QED) is 0.537. The van der Waals surface area contributed by atoms with Crippen molar-refractivity contribution in [1.29, 1.82) is 0 Å². The van der Waals surface area contributed by atoms with Gasteiger partial charge in [0.15, 0.2) is 4.17 Å². The smallest absolute Gasteiger partial charge is 0.122 e. The van der Waals surface area contributed by atoms with Crippen molar-refractivity contribution in [3.63, 3.8) is 0 Å². The van der Waals surface area contributed by atoms with Crippen molar-refractivity contribution in [2.75, 3.05) is 0 Å². The van der Waals surface area contributed by atoms with Crippen LogP contribution in [0.25, 0.3) is 0 Å². The van der Waals surface area contributed by atoms with E-state index >= 15 is 0 Å². The number of rotatable bonds is 2. The molecule has 0 N–H and O–H groups in total. The Morgan fingerprint density at radius 1 is 1.67 bits per heavy atom. The summed E-state index contributed by atoms with van der Waals surface area (Å²) in [6, 6.07) is 0. The molecule has 6 heavy (non-hydrogen) atoms. The molecule has 0 aromatic carbocycles. The minimum atomic E-state index is -0.296. The first-order valence-corrected chi connectivity index (χ1v) is 3.30. The fourth-order valence-electron chi connectivity index (χ4n) is 0.103. The summed E-state index contributed by atoms with van der Waals surface area (Å²) in [5.74, 6) is 1.85. The molecule has 0 aliphatic heterocycles. The van der Waals surface area contributed by atoms with E-state index in [0.29, 0.717) is 0 Å². The Morgan fingerprint density at radius 3 is 2.17 bits per heavy atom. The van der Waals surface area contributed by atoms with E-state index in [2.05, 4.69) is 0 Å². The van der Waals surface area contributed by atoms with Crippen LogP contribution in [-0.4, -0.2) is 4.17 Å². The summed E-state index contributed by atoms with van der Waals surface area (Å²) < 4.78 is -0.296. The third kappa shape index (κ3) is 4.93. The van der Waals surface area contributed by atoms with E-state index < -0.39 is 0 Å². The van der Waals surface area contributed by atoms with Gasteiger partial charge in [-0.2, -0.15) is 0 Å². The second-order valence-corrected chi connectivity index (χ2v) is 3.46. The maximum absolute atomic E-state index is 5.28. The maximum atomic E-state index is 5.28. The lowest BCUT2D eigenvalue weighted by Gasteiger charge is -1.90. The van der Waals surface area contributed by atoms with Gasteiger partial charge in [0.25, 0.3) is 0 Å². The first-order valence-electron chi connectivity index (χ1n) is 1.49. The van der Waals surface area contributed by atoms with Gasteiger partial charge in [0, 0.05) is 5.75 Å². The fraction of sp³-hybridized carbons (Fsp3) is 0.667. The van der Waals surface area contributed by atoms with E-state index in [-0.39, 0.29) is 4.17 Å². The monoisotopic (exact) mass is 143 g/mol. The lowest BCUT2D eigenvalue weighted by atomic mass is 11.0. The van der Waals surface area contributed by atoms with E-state index in [1.165, 1.54) is 11.8 Å². The first-order chi connectivity index (χ1) is 2.77. The third-order valence-corrected chi connectivity index (χ3v) is 1.33. The minimum absolute atomic E-state index is 0.296. The Bertz CT molecular complexity index is 30.0. The molecule has 0 saturated carbocycles. The molecule has 0 amide bonds. The molecule has 0 saturated heterocycles. The molecule has 0 fully saturated rings. The van der Waals surface area contributed by atoms with Crippen LogP contribution in [0.4, 0.5) is 0 Å². The van der Waals surface area contributed by atoms with Crippen molar-refractivity contribution in [2.24, 2.45) is 0 Å². The maximum Gasteiger partial charge on any atom is 0.153 e. The zero-order chi connectivity index (χ0) is 4.99. The number of hydrogen-bond acceptors (Lipinski definition) is 1. The van der Waals surface area contributed by atoms with E-state index in [9.17, 15) is 0 Å². The molecule has 1 radical (unpaired) electrons. The predicted octanol–water partition coefficient (Wildman–Crippen LogP) is 2.66. The molecule has 0 aromatic heterocycles. The lowest BCUT2D eigenvalue weighted by Crippen LogP contribution is -1.69. The van der Waals surface area contributed by atoms with Crippen LogP contribution < -0.4 is 0 Å². The van der Waals surface area contributed by atoms with Crippen LogP contribution >= 0.6 is 35.0 Å². The molecule has 0 aromatic rings. The standard InChI is InChI=1S/C3H5Cl2S/c1-2-6-3(4)5/h2-3H,1H3. The minimum Gasteiger partial charge on any atom is -0.122 e. The molecule has 0 atom stereocenters. The Kier molecular flexibility index (Phi) is 4.73.